The van der Waals surface area contributed by atoms with Crippen LogP contribution in [0, 0.1) is 0 Å². The molecule has 2 amide bonds. The molecule has 0 radical (unpaired) electrons. The highest BCUT2D eigenvalue weighted by molar-refractivity contribution is 5.80. The number of ether oxygens (including phenoxy) is 4. The minimum Gasteiger partial charge on any atom is -0.469 e. The first-order valence-corrected chi connectivity index (χ1v) is 23.9. The lowest BCUT2D eigenvalue weighted by atomic mass is 9.53. The van der Waals surface area contributed by atoms with Gasteiger partial charge in [-0.2, -0.15) is 52.7 Å². The van der Waals surface area contributed by atoms with Gasteiger partial charge in [-0.15, -0.1) is 0 Å². The molecule has 1 saturated heterocycles. The van der Waals surface area contributed by atoms with Crippen molar-refractivity contribution in [1.82, 2.24) is 10.6 Å². The average molecular weight is 1080 g/mol. The highest BCUT2D eigenvalue weighted by Gasteiger charge is 2.59. The summed E-state index contributed by atoms with van der Waals surface area (Å²) >= 11 is 0. The largest absolute Gasteiger partial charge is 0.469 e. The van der Waals surface area contributed by atoms with Gasteiger partial charge < -0.3 is 29.6 Å². The molecule has 1 heterocycles. The Morgan fingerprint density at radius 2 is 1.00 bits per heavy atom. The highest BCUT2D eigenvalue weighted by atomic mass is 19.4. The van der Waals surface area contributed by atoms with Gasteiger partial charge in [0.25, 0.3) is 0 Å². The Kier molecular flexibility index (Phi) is 16.9. The van der Waals surface area contributed by atoms with E-state index in [0.717, 1.165) is 11.1 Å². The Labute approximate surface area is 426 Å². The number of amides is 2. The van der Waals surface area contributed by atoms with E-state index in [1.54, 1.807) is 39.0 Å². The summed E-state index contributed by atoms with van der Waals surface area (Å²) in [5.41, 5.74) is -7.55. The van der Waals surface area contributed by atoms with Gasteiger partial charge in [0.2, 0.25) is 5.91 Å². The van der Waals surface area contributed by atoms with E-state index in [9.17, 15) is 67.1 Å². The number of methoxy groups -OCH3 is 1. The number of nitrogens with one attached hydrogen (secondary N) is 2. The number of halogens is 12. The molecule has 3 aliphatic rings. The number of carbonyl (C=O) groups is 3. The molecular formula is C54H58F12N2O7. The molecule has 1 aliphatic heterocycles. The van der Waals surface area contributed by atoms with Crippen molar-refractivity contribution in [2.24, 2.45) is 0 Å². The average Bonchev–Trinajstić information content (AvgIpc) is 3.69. The molecule has 0 bridgehead atoms. The summed E-state index contributed by atoms with van der Waals surface area (Å²) in [5.74, 6) is -0.498. The summed E-state index contributed by atoms with van der Waals surface area (Å²) in [6, 6.07) is 21.4. The Morgan fingerprint density at radius 3 is 1.33 bits per heavy atom. The van der Waals surface area contributed by atoms with E-state index in [-0.39, 0.29) is 73.6 Å². The molecule has 21 heteroatoms. The maximum Gasteiger partial charge on any atom is 0.416 e. The van der Waals surface area contributed by atoms with E-state index >= 15 is 0 Å². The number of alkyl carbamates (subject to hydrolysis) is 1. The van der Waals surface area contributed by atoms with Crippen LogP contribution in [0.25, 0.3) is 0 Å². The van der Waals surface area contributed by atoms with E-state index in [1.165, 1.54) is 21.0 Å². The molecule has 75 heavy (non-hydrogen) atoms. The Bertz CT molecular complexity index is 2570. The van der Waals surface area contributed by atoms with Gasteiger partial charge in [0, 0.05) is 34.7 Å². The minimum absolute atomic E-state index is 0.00111. The number of carbonyl (C=O) groups excluding carboxylic acids is 3. The fraction of sp³-hybridized carbons (Fsp3) is 0.500. The number of alkyl halides is 12. The second kappa shape index (κ2) is 21.7. The standard InChI is InChI=1S/C30H35F6NO5.C24H23F6NO2/c1-19(20-13-22(29(31,32)33)15-23(14-20)30(34,35)36)41-18-27(21-9-7-6-8-10-21)16-28(17-27,12-11-24(38)40-5)37-25(39)42-26(2,3)4;1-15(16-9-18(23(25,26)27)11-19(10-16)24(28,29)30)33-14-21(17-5-3-2-4-6-17)12-22(13-21)8-7-20(32)31-22/h6-10,13-15,19H,11-12,16-18H2,1-5H3,(H,37,39);2-6,9-11,15H,7-8,12-14H2,1H3,(H,31,32)/t19-,27?,28?;15-,21?,22?/m11/s1. The maximum absolute atomic E-state index is 13.4. The zero-order valence-corrected chi connectivity index (χ0v) is 41.9. The first-order valence-electron chi connectivity index (χ1n) is 23.9. The van der Waals surface area contributed by atoms with Gasteiger partial charge in [0.05, 0.1) is 54.8 Å². The third-order valence-electron chi connectivity index (χ3n) is 13.9. The van der Waals surface area contributed by atoms with Crippen LogP contribution in [-0.2, 0) is 64.1 Å². The lowest BCUT2D eigenvalue weighted by molar-refractivity contribution is -0.145. The van der Waals surface area contributed by atoms with E-state index in [0.29, 0.717) is 49.9 Å². The molecule has 410 valence electrons. The van der Waals surface area contributed by atoms with Crippen molar-refractivity contribution in [1.29, 1.82) is 0 Å². The van der Waals surface area contributed by atoms with Gasteiger partial charge in [-0.3, -0.25) is 9.59 Å². The molecule has 0 aromatic heterocycles. The van der Waals surface area contributed by atoms with Crippen molar-refractivity contribution >= 4 is 18.0 Å². The van der Waals surface area contributed by atoms with Crippen LogP contribution < -0.4 is 10.6 Å². The molecule has 7 rings (SSSR count). The van der Waals surface area contributed by atoms with E-state index in [1.807, 2.05) is 42.5 Å². The van der Waals surface area contributed by atoms with Crippen LogP contribution in [0.5, 0.6) is 0 Å². The van der Waals surface area contributed by atoms with Crippen molar-refractivity contribution in [3.63, 3.8) is 0 Å². The predicted octanol–water partition coefficient (Wildman–Crippen LogP) is 13.9. The molecular weight excluding hydrogens is 1020 g/mol. The van der Waals surface area contributed by atoms with Crippen LogP contribution in [0.3, 0.4) is 0 Å². The molecule has 0 unspecified atom stereocenters. The van der Waals surface area contributed by atoms with E-state index in [4.69, 9.17) is 18.9 Å². The molecule has 1 spiro atoms. The molecule has 4 aromatic rings. The smallest absolute Gasteiger partial charge is 0.416 e. The lowest BCUT2D eigenvalue weighted by Crippen LogP contribution is -2.65. The van der Waals surface area contributed by atoms with Gasteiger partial charge in [0.1, 0.15) is 5.60 Å². The van der Waals surface area contributed by atoms with Crippen LogP contribution in [0.15, 0.2) is 97.1 Å². The summed E-state index contributed by atoms with van der Waals surface area (Å²) in [5, 5.41) is 5.90. The highest BCUT2D eigenvalue weighted by Crippen LogP contribution is 2.55. The number of hydrogen-bond acceptors (Lipinski definition) is 7. The first kappa shape index (κ1) is 58.4. The number of hydrogen-bond donors (Lipinski definition) is 2. The van der Waals surface area contributed by atoms with Gasteiger partial charge in [-0.05, 0) is 132 Å². The monoisotopic (exact) mass is 1070 g/mol. The molecule has 2 aliphatic carbocycles. The van der Waals surface area contributed by atoms with Crippen LogP contribution in [0.2, 0.25) is 0 Å². The zero-order valence-electron chi connectivity index (χ0n) is 41.9. The molecule has 4 aromatic carbocycles. The van der Waals surface area contributed by atoms with Gasteiger partial charge in [0.15, 0.2) is 0 Å². The summed E-state index contributed by atoms with van der Waals surface area (Å²) in [6.07, 6.45) is -19.5. The van der Waals surface area contributed by atoms with Crippen molar-refractivity contribution < 1.29 is 86.0 Å². The van der Waals surface area contributed by atoms with E-state index < -0.39 is 93.2 Å². The summed E-state index contributed by atoms with van der Waals surface area (Å²) < 4.78 is 182. The van der Waals surface area contributed by atoms with Gasteiger partial charge >= 0.3 is 36.8 Å². The lowest BCUT2D eigenvalue weighted by Gasteiger charge is -2.57. The third kappa shape index (κ3) is 14.6. The fourth-order valence-electron chi connectivity index (χ4n) is 10.4. The number of rotatable bonds is 14. The van der Waals surface area contributed by atoms with Crippen molar-refractivity contribution in [2.45, 2.75) is 150 Å². The van der Waals surface area contributed by atoms with Crippen molar-refractivity contribution in [3.8, 4) is 0 Å². The first-order chi connectivity index (χ1) is 34.6. The Balaban J connectivity index is 0.000000250. The van der Waals surface area contributed by atoms with Crippen LogP contribution in [0.1, 0.15) is 143 Å². The molecule has 2 atom stereocenters. The van der Waals surface area contributed by atoms with Crippen molar-refractivity contribution in [3.05, 3.63) is 142 Å². The van der Waals surface area contributed by atoms with Crippen molar-refractivity contribution in [2.75, 3.05) is 20.3 Å². The quantitative estimate of drug-likeness (QED) is 0.0955. The normalized spacial score (nSPS) is 23.7. The van der Waals surface area contributed by atoms with Crippen LogP contribution in [0.4, 0.5) is 57.5 Å². The predicted molar refractivity (Wildman–Crippen MR) is 250 cm³/mol. The number of benzene rings is 4. The van der Waals surface area contributed by atoms with Gasteiger partial charge in [-0.25, -0.2) is 4.79 Å². The fourth-order valence-corrected chi connectivity index (χ4v) is 10.4. The van der Waals surface area contributed by atoms with E-state index in [2.05, 4.69) is 10.6 Å². The summed E-state index contributed by atoms with van der Waals surface area (Å²) in [4.78, 5) is 36.5. The molecule has 2 N–H and O–H groups in total. The minimum atomic E-state index is -4.98. The molecule has 9 nitrogen and oxygen atoms in total. The maximum atomic E-state index is 13.4. The summed E-state index contributed by atoms with van der Waals surface area (Å²) in [6.45, 7) is 7.97. The Hall–Kier alpha value is -5.83. The molecule has 2 saturated carbocycles. The van der Waals surface area contributed by atoms with Crippen LogP contribution in [-0.4, -0.2) is 55.0 Å². The number of esters is 1. The Morgan fingerprint density at radius 1 is 0.613 bits per heavy atom. The SMILES string of the molecule is COC(=O)CCC1(NC(=O)OC(C)(C)C)CC(CO[C@H](C)c2cc(C(F)(F)F)cc(C(F)(F)F)c2)(c2ccccc2)C1.C[C@@H](OCC1(c2ccccc2)CC2(CCC(=O)N2)C1)c1cc(C(F)(F)F)cc(C(F)(F)F)c1. The molecule has 3 fully saturated rings. The third-order valence-corrected chi connectivity index (χ3v) is 13.9. The summed E-state index contributed by atoms with van der Waals surface area (Å²) in [7, 11) is 1.25. The van der Waals surface area contributed by atoms with Crippen LogP contribution >= 0.6 is 0 Å². The zero-order chi connectivity index (χ0) is 55.6. The second-order valence-electron chi connectivity index (χ2n) is 20.9. The van der Waals surface area contributed by atoms with Gasteiger partial charge in [-0.1, -0.05) is 60.7 Å². The topological polar surface area (TPSA) is 112 Å². The second-order valence-corrected chi connectivity index (χ2v) is 20.9.